The number of aromatic nitrogens is 1. The molecule has 0 radical (unpaired) electrons. The molecule has 1 unspecified atom stereocenters. The zero-order chi connectivity index (χ0) is 13.8. The molecular weight excluding hydrogens is 263 g/mol. The molecule has 2 aromatic rings. The van der Waals surface area contributed by atoms with E-state index >= 15 is 0 Å². The fourth-order valence-corrected chi connectivity index (χ4v) is 2.76. The molecule has 0 spiro atoms. The minimum atomic E-state index is -0.309. The van der Waals surface area contributed by atoms with Crippen LogP contribution in [0, 0.1) is 5.82 Å². The Morgan fingerprint density at radius 1 is 1.47 bits per heavy atom. The van der Waals surface area contributed by atoms with E-state index in [1.165, 1.54) is 24.5 Å². The molecule has 102 valence electrons. The van der Waals surface area contributed by atoms with Crippen LogP contribution >= 0.6 is 11.3 Å². The first-order chi connectivity index (χ1) is 9.15. The number of nitrogens with one attached hydrogen (secondary N) is 1. The summed E-state index contributed by atoms with van der Waals surface area (Å²) in [7, 11) is 1.52. The summed E-state index contributed by atoms with van der Waals surface area (Å²) in [6, 6.07) is 5.00. The lowest BCUT2D eigenvalue weighted by Crippen LogP contribution is -2.17. The van der Waals surface area contributed by atoms with E-state index in [9.17, 15) is 4.39 Å². The highest BCUT2D eigenvalue weighted by atomic mass is 32.1. The van der Waals surface area contributed by atoms with Gasteiger partial charge in [-0.3, -0.25) is 0 Å². The van der Waals surface area contributed by atoms with Crippen molar-refractivity contribution in [2.24, 2.45) is 0 Å². The number of nitrogens with zero attached hydrogens (tertiary/aromatic N) is 1. The second kappa shape index (κ2) is 6.12. The van der Waals surface area contributed by atoms with Crippen molar-refractivity contribution in [1.29, 1.82) is 0 Å². The zero-order valence-electron chi connectivity index (χ0n) is 11.2. The van der Waals surface area contributed by atoms with E-state index in [1.54, 1.807) is 12.1 Å². The second-order valence-electron chi connectivity index (χ2n) is 4.20. The molecule has 0 aliphatic carbocycles. The third-order valence-electron chi connectivity index (χ3n) is 2.88. The highest BCUT2D eigenvalue weighted by Gasteiger charge is 2.13. The Morgan fingerprint density at radius 2 is 2.26 bits per heavy atom. The summed E-state index contributed by atoms with van der Waals surface area (Å²) in [5.41, 5.74) is 1.46. The number of hydrogen-bond acceptors (Lipinski definition) is 4. The normalized spacial score (nSPS) is 12.4. The van der Waals surface area contributed by atoms with Crippen LogP contribution in [0.1, 0.15) is 25.6 Å². The summed E-state index contributed by atoms with van der Waals surface area (Å²) >= 11 is 1.45. The summed E-state index contributed by atoms with van der Waals surface area (Å²) < 4.78 is 18.9. The summed E-state index contributed by atoms with van der Waals surface area (Å²) in [4.78, 5) is 4.49. The molecule has 0 aliphatic rings. The van der Waals surface area contributed by atoms with Gasteiger partial charge in [-0.25, -0.2) is 9.37 Å². The molecule has 3 nitrogen and oxygen atoms in total. The molecular formula is C14H17FN2OS. The predicted molar refractivity (Wildman–Crippen MR) is 76.2 cm³/mol. The van der Waals surface area contributed by atoms with Gasteiger partial charge in [-0.1, -0.05) is 6.92 Å². The standard InChI is InChI=1S/C14H17FN2OS/c1-4-16-9(2)13-8-19-14(17-13)11-6-5-10(18-3)7-12(11)15/h5-9,16H,4H2,1-3H3. The molecule has 2 rings (SSSR count). The maximum atomic E-state index is 14.0. The van der Waals surface area contributed by atoms with Crippen molar-refractivity contribution in [3.8, 4) is 16.3 Å². The van der Waals surface area contributed by atoms with E-state index in [0.717, 1.165) is 12.2 Å². The van der Waals surface area contributed by atoms with Gasteiger partial charge in [0.05, 0.1) is 12.8 Å². The van der Waals surface area contributed by atoms with Gasteiger partial charge in [0.2, 0.25) is 0 Å². The maximum Gasteiger partial charge on any atom is 0.137 e. The SMILES string of the molecule is CCNC(C)c1csc(-c2ccc(OC)cc2F)n1. The Labute approximate surface area is 116 Å². The highest BCUT2D eigenvalue weighted by molar-refractivity contribution is 7.13. The van der Waals surface area contributed by atoms with Crippen molar-refractivity contribution < 1.29 is 9.13 Å². The largest absolute Gasteiger partial charge is 0.497 e. The highest BCUT2D eigenvalue weighted by Crippen LogP contribution is 2.30. The van der Waals surface area contributed by atoms with Crippen molar-refractivity contribution in [3.63, 3.8) is 0 Å². The molecule has 1 atom stereocenters. The zero-order valence-corrected chi connectivity index (χ0v) is 12.1. The van der Waals surface area contributed by atoms with Gasteiger partial charge in [-0.05, 0) is 25.6 Å². The van der Waals surface area contributed by atoms with Crippen molar-refractivity contribution in [3.05, 3.63) is 35.1 Å². The summed E-state index contributed by atoms with van der Waals surface area (Å²) in [6.07, 6.45) is 0. The average molecular weight is 280 g/mol. The van der Waals surface area contributed by atoms with Crippen LogP contribution in [0.25, 0.3) is 10.6 Å². The Balaban J connectivity index is 2.27. The van der Waals surface area contributed by atoms with Gasteiger partial charge in [0.15, 0.2) is 0 Å². The van der Waals surface area contributed by atoms with Crippen molar-refractivity contribution in [2.75, 3.05) is 13.7 Å². The Kier molecular flexibility index (Phi) is 4.50. The summed E-state index contributed by atoms with van der Waals surface area (Å²) in [6.45, 7) is 4.98. The molecule has 1 aromatic heterocycles. The quantitative estimate of drug-likeness (QED) is 0.908. The van der Waals surface area contributed by atoms with E-state index in [0.29, 0.717) is 16.3 Å². The van der Waals surface area contributed by atoms with Gasteiger partial charge in [0.1, 0.15) is 16.6 Å². The molecule has 0 saturated heterocycles. The number of hydrogen-bond donors (Lipinski definition) is 1. The van der Waals surface area contributed by atoms with Crippen LogP contribution in [0.5, 0.6) is 5.75 Å². The first-order valence-electron chi connectivity index (χ1n) is 6.18. The minimum absolute atomic E-state index is 0.177. The molecule has 1 heterocycles. The number of thiazole rings is 1. The second-order valence-corrected chi connectivity index (χ2v) is 5.06. The first-order valence-corrected chi connectivity index (χ1v) is 7.06. The van der Waals surface area contributed by atoms with Crippen molar-refractivity contribution in [1.82, 2.24) is 10.3 Å². The van der Waals surface area contributed by atoms with E-state index in [2.05, 4.69) is 10.3 Å². The molecule has 0 aliphatic heterocycles. The molecule has 1 aromatic carbocycles. The fraction of sp³-hybridized carbons (Fsp3) is 0.357. The van der Waals surface area contributed by atoms with Crippen LogP contribution in [-0.2, 0) is 0 Å². The fourth-order valence-electron chi connectivity index (χ4n) is 1.82. The summed E-state index contributed by atoms with van der Waals surface area (Å²) in [5.74, 6) is 0.204. The van der Waals surface area contributed by atoms with Crippen LogP contribution in [0.2, 0.25) is 0 Å². The van der Waals surface area contributed by atoms with Gasteiger partial charge in [-0.15, -0.1) is 11.3 Å². The minimum Gasteiger partial charge on any atom is -0.497 e. The number of halogens is 1. The van der Waals surface area contributed by atoms with Crippen LogP contribution in [0.4, 0.5) is 4.39 Å². The molecule has 0 amide bonds. The van der Waals surface area contributed by atoms with Crippen molar-refractivity contribution >= 4 is 11.3 Å². The monoisotopic (exact) mass is 280 g/mol. The van der Waals surface area contributed by atoms with Crippen molar-refractivity contribution in [2.45, 2.75) is 19.9 Å². The molecule has 0 saturated carbocycles. The van der Waals surface area contributed by atoms with Crippen LogP contribution in [-0.4, -0.2) is 18.6 Å². The van der Waals surface area contributed by atoms with E-state index < -0.39 is 0 Å². The number of ether oxygens (including phenoxy) is 1. The van der Waals surface area contributed by atoms with Crippen LogP contribution in [0.15, 0.2) is 23.6 Å². The topological polar surface area (TPSA) is 34.1 Å². The lowest BCUT2D eigenvalue weighted by Gasteiger charge is -2.08. The molecule has 0 fully saturated rings. The maximum absolute atomic E-state index is 14.0. The van der Waals surface area contributed by atoms with E-state index in [4.69, 9.17) is 4.74 Å². The van der Waals surface area contributed by atoms with E-state index in [-0.39, 0.29) is 11.9 Å². The number of benzene rings is 1. The lowest BCUT2D eigenvalue weighted by molar-refractivity contribution is 0.411. The number of rotatable bonds is 5. The Bertz CT molecular complexity index is 556. The third kappa shape index (κ3) is 3.11. The van der Waals surface area contributed by atoms with Gasteiger partial charge in [0.25, 0.3) is 0 Å². The Morgan fingerprint density at radius 3 is 2.89 bits per heavy atom. The Hall–Kier alpha value is -1.46. The van der Waals surface area contributed by atoms with Crippen LogP contribution < -0.4 is 10.1 Å². The van der Waals surface area contributed by atoms with Gasteiger partial charge in [0, 0.05) is 23.1 Å². The molecule has 5 heteroatoms. The number of methoxy groups -OCH3 is 1. The average Bonchev–Trinajstić information content (AvgIpc) is 2.88. The molecule has 19 heavy (non-hydrogen) atoms. The molecule has 1 N–H and O–H groups in total. The smallest absolute Gasteiger partial charge is 0.137 e. The first kappa shape index (κ1) is 14.0. The van der Waals surface area contributed by atoms with Gasteiger partial charge < -0.3 is 10.1 Å². The predicted octanol–water partition coefficient (Wildman–Crippen LogP) is 3.63. The van der Waals surface area contributed by atoms with Crippen LogP contribution in [0.3, 0.4) is 0 Å². The van der Waals surface area contributed by atoms with E-state index in [1.807, 2.05) is 19.2 Å². The third-order valence-corrected chi connectivity index (χ3v) is 3.78. The lowest BCUT2D eigenvalue weighted by atomic mass is 10.2. The summed E-state index contributed by atoms with van der Waals surface area (Å²) in [5, 5.41) is 5.95. The van der Waals surface area contributed by atoms with Gasteiger partial charge >= 0.3 is 0 Å². The van der Waals surface area contributed by atoms with Gasteiger partial charge in [-0.2, -0.15) is 0 Å². The molecule has 0 bridgehead atoms.